The molecule has 0 unspecified atom stereocenters. The molecule has 0 fully saturated rings. The maximum absolute atomic E-state index is 12.0. The summed E-state index contributed by atoms with van der Waals surface area (Å²) >= 11 is 5.45. The molecule has 1 aromatic carbocycles. The molecule has 0 saturated carbocycles. The van der Waals surface area contributed by atoms with Gasteiger partial charge in [-0.1, -0.05) is 0 Å². The van der Waals surface area contributed by atoms with Gasteiger partial charge in [-0.15, -0.1) is 24.8 Å². The first-order chi connectivity index (χ1) is 8.31. The highest BCUT2D eigenvalue weighted by atomic mass is 35.5. The lowest BCUT2D eigenvalue weighted by Crippen LogP contribution is -2.17. The van der Waals surface area contributed by atoms with Gasteiger partial charge in [-0.25, -0.2) is 0 Å². The van der Waals surface area contributed by atoms with Gasteiger partial charge in [0, 0.05) is 11.9 Å². The molecule has 8 heteroatoms. The highest BCUT2D eigenvalue weighted by Gasteiger charge is 2.31. The van der Waals surface area contributed by atoms with Gasteiger partial charge in [-0.3, -0.25) is 10.1 Å². The van der Waals surface area contributed by atoms with Crippen molar-refractivity contribution in [3.05, 3.63) is 33.9 Å². The van der Waals surface area contributed by atoms with E-state index >= 15 is 0 Å². The first-order valence-electron chi connectivity index (χ1n) is 4.92. The second-order valence-electron chi connectivity index (χ2n) is 3.43. The topological polar surface area (TPSA) is 52.4 Å². The summed E-state index contributed by atoms with van der Waals surface area (Å²) < 4.78 is 39.8. The number of hydrogen-bond acceptors (Lipinski definition) is 3. The van der Waals surface area contributed by atoms with Gasteiger partial charge in [0.1, 0.15) is 5.75 Å². The maximum atomic E-state index is 12.0. The smallest absolute Gasteiger partial charge is 0.406 e. The minimum atomic E-state index is -4.88. The van der Waals surface area contributed by atoms with Gasteiger partial charge in [-0.2, -0.15) is 0 Å². The molecule has 0 aromatic heterocycles. The summed E-state index contributed by atoms with van der Waals surface area (Å²) in [4.78, 5) is 9.82. The van der Waals surface area contributed by atoms with Gasteiger partial charge in [0.25, 0.3) is 5.69 Å². The molecular formula is C10H9ClF3NO3. The largest absolute Gasteiger partial charge is 0.573 e. The van der Waals surface area contributed by atoms with E-state index in [4.69, 9.17) is 11.6 Å². The Morgan fingerprint density at radius 2 is 2.00 bits per heavy atom. The van der Waals surface area contributed by atoms with Gasteiger partial charge in [0.05, 0.1) is 11.0 Å². The summed E-state index contributed by atoms with van der Waals surface area (Å²) in [7, 11) is 0. The zero-order valence-corrected chi connectivity index (χ0v) is 9.79. The van der Waals surface area contributed by atoms with Crippen molar-refractivity contribution >= 4 is 17.3 Å². The third-order valence-electron chi connectivity index (χ3n) is 1.99. The Kier molecular flexibility index (Phi) is 4.77. The molecule has 4 nitrogen and oxygen atoms in total. The number of halogens is 4. The summed E-state index contributed by atoms with van der Waals surface area (Å²) in [6, 6.07) is 3.06. The molecular weight excluding hydrogens is 275 g/mol. The van der Waals surface area contributed by atoms with Crippen molar-refractivity contribution in [3.63, 3.8) is 0 Å². The van der Waals surface area contributed by atoms with Crippen molar-refractivity contribution < 1.29 is 22.8 Å². The quantitative estimate of drug-likeness (QED) is 0.471. The van der Waals surface area contributed by atoms with Gasteiger partial charge in [0.15, 0.2) is 0 Å². The van der Waals surface area contributed by atoms with Gasteiger partial charge in [-0.05, 0) is 24.5 Å². The Bertz CT molecular complexity index is 437. The van der Waals surface area contributed by atoms with Gasteiger partial charge >= 0.3 is 6.36 Å². The van der Waals surface area contributed by atoms with E-state index in [1.165, 1.54) is 6.07 Å². The minimum absolute atomic E-state index is 0.318. The Balaban J connectivity index is 3.02. The Labute approximate surface area is 105 Å². The van der Waals surface area contributed by atoms with Crippen LogP contribution >= 0.6 is 11.6 Å². The van der Waals surface area contributed by atoms with Gasteiger partial charge < -0.3 is 4.74 Å². The van der Waals surface area contributed by atoms with Crippen molar-refractivity contribution in [2.45, 2.75) is 19.2 Å². The molecule has 0 heterocycles. The molecule has 0 amide bonds. The normalized spacial score (nSPS) is 11.3. The van der Waals surface area contributed by atoms with Crippen LogP contribution in [0.5, 0.6) is 5.75 Å². The standard InChI is InChI=1S/C10H9ClF3NO3/c11-3-1-2-7-4-8(15(16)17)6-9(5-7)18-10(12,13)14/h4-6H,1-3H2. The van der Waals surface area contributed by atoms with Crippen LogP contribution < -0.4 is 4.74 Å². The number of hydrogen-bond donors (Lipinski definition) is 0. The number of non-ortho nitro benzene ring substituents is 1. The molecule has 0 saturated heterocycles. The molecule has 0 N–H and O–H groups in total. The zero-order valence-electron chi connectivity index (χ0n) is 9.04. The highest BCUT2D eigenvalue weighted by molar-refractivity contribution is 6.17. The van der Waals surface area contributed by atoms with E-state index in [0.717, 1.165) is 12.1 Å². The molecule has 1 rings (SSSR count). The molecule has 18 heavy (non-hydrogen) atoms. The fourth-order valence-electron chi connectivity index (χ4n) is 1.36. The summed E-state index contributed by atoms with van der Waals surface area (Å²) in [6.07, 6.45) is -4.02. The first kappa shape index (κ1) is 14.6. The lowest BCUT2D eigenvalue weighted by molar-refractivity contribution is -0.385. The molecule has 0 spiro atoms. The van der Waals surface area contributed by atoms with E-state index in [1.54, 1.807) is 0 Å². The molecule has 0 aliphatic carbocycles. The van der Waals surface area contributed by atoms with E-state index in [1.807, 2.05) is 0 Å². The molecule has 0 radical (unpaired) electrons. The maximum Gasteiger partial charge on any atom is 0.573 e. The Morgan fingerprint density at radius 3 is 2.50 bits per heavy atom. The SMILES string of the molecule is O=[N+]([O-])c1cc(CCCCl)cc(OC(F)(F)F)c1. The number of alkyl halides is 4. The number of nitro benzene ring substituents is 1. The molecule has 100 valence electrons. The van der Waals surface area contributed by atoms with Crippen LogP contribution in [-0.4, -0.2) is 17.2 Å². The molecule has 0 bridgehead atoms. The van der Waals surface area contributed by atoms with Crippen LogP contribution in [-0.2, 0) is 6.42 Å². The van der Waals surface area contributed by atoms with E-state index in [9.17, 15) is 23.3 Å². The van der Waals surface area contributed by atoms with Crippen molar-refractivity contribution in [3.8, 4) is 5.75 Å². The lowest BCUT2D eigenvalue weighted by atomic mass is 10.1. The average Bonchev–Trinajstić information content (AvgIpc) is 2.23. The lowest BCUT2D eigenvalue weighted by Gasteiger charge is -2.10. The van der Waals surface area contributed by atoms with E-state index in [-0.39, 0.29) is 0 Å². The molecule has 0 atom stereocenters. The fourth-order valence-corrected chi connectivity index (χ4v) is 1.49. The predicted octanol–water partition coefficient (Wildman–Crippen LogP) is 3.66. The van der Waals surface area contributed by atoms with Crippen LogP contribution in [0.15, 0.2) is 18.2 Å². The van der Waals surface area contributed by atoms with Crippen LogP contribution in [0.4, 0.5) is 18.9 Å². The van der Waals surface area contributed by atoms with Crippen molar-refractivity contribution in [1.29, 1.82) is 0 Å². The zero-order chi connectivity index (χ0) is 13.8. The number of benzene rings is 1. The second kappa shape index (κ2) is 5.90. The molecule has 0 aliphatic rings. The van der Waals surface area contributed by atoms with E-state index < -0.39 is 22.7 Å². The molecule has 1 aromatic rings. The fraction of sp³-hybridized carbons (Fsp3) is 0.400. The van der Waals surface area contributed by atoms with Crippen LogP contribution in [0.25, 0.3) is 0 Å². The number of rotatable bonds is 5. The predicted molar refractivity (Wildman–Crippen MR) is 58.8 cm³/mol. The van der Waals surface area contributed by atoms with Crippen LogP contribution in [0.2, 0.25) is 0 Å². The van der Waals surface area contributed by atoms with Gasteiger partial charge in [0.2, 0.25) is 0 Å². The highest BCUT2D eigenvalue weighted by Crippen LogP contribution is 2.28. The van der Waals surface area contributed by atoms with Crippen molar-refractivity contribution in [2.24, 2.45) is 0 Å². The first-order valence-corrected chi connectivity index (χ1v) is 5.45. The average molecular weight is 284 g/mol. The minimum Gasteiger partial charge on any atom is -0.406 e. The number of nitrogens with zero attached hydrogens (tertiary/aromatic N) is 1. The van der Waals surface area contributed by atoms with Crippen molar-refractivity contribution in [1.82, 2.24) is 0 Å². The summed E-state index contributed by atoms with van der Waals surface area (Å²) in [5.74, 6) is -0.278. The second-order valence-corrected chi connectivity index (χ2v) is 3.81. The summed E-state index contributed by atoms with van der Waals surface area (Å²) in [5, 5.41) is 10.6. The summed E-state index contributed by atoms with van der Waals surface area (Å²) in [5.41, 5.74) is -0.0644. The summed E-state index contributed by atoms with van der Waals surface area (Å²) in [6.45, 7) is 0. The van der Waals surface area contributed by atoms with E-state index in [0.29, 0.717) is 24.3 Å². The van der Waals surface area contributed by atoms with Crippen LogP contribution in [0.3, 0.4) is 0 Å². The molecule has 0 aliphatic heterocycles. The van der Waals surface area contributed by atoms with Crippen LogP contribution in [0.1, 0.15) is 12.0 Å². The van der Waals surface area contributed by atoms with Crippen molar-refractivity contribution in [2.75, 3.05) is 5.88 Å². The monoisotopic (exact) mass is 283 g/mol. The number of ether oxygens (including phenoxy) is 1. The Hall–Kier alpha value is -1.50. The number of nitro groups is 1. The third kappa shape index (κ3) is 4.79. The third-order valence-corrected chi connectivity index (χ3v) is 2.26. The number of aryl methyl sites for hydroxylation is 1. The van der Waals surface area contributed by atoms with E-state index in [2.05, 4.69) is 4.74 Å². The Morgan fingerprint density at radius 1 is 1.33 bits per heavy atom. The van der Waals surface area contributed by atoms with Crippen LogP contribution in [0, 0.1) is 10.1 Å².